The van der Waals surface area contributed by atoms with E-state index in [1.807, 2.05) is 0 Å². The number of nitrogens with one attached hydrogen (secondary N) is 7. The lowest BCUT2D eigenvalue weighted by Crippen LogP contribution is -2.60. The molecule has 2 aliphatic heterocycles. The van der Waals surface area contributed by atoms with Crippen LogP contribution in [0.3, 0.4) is 0 Å². The van der Waals surface area contributed by atoms with E-state index < -0.39 is 114 Å². The molecule has 1 aromatic heterocycles. The Morgan fingerprint density at radius 1 is 0.792 bits per heavy atom. The normalized spacial score (nSPS) is 19.6. The molecule has 10 N–H and O–H groups in total. The number of H-pyrrole nitrogens is 1. The molecular weight excluding hydrogens is 702 g/mol. The number of carbonyl (C=O) groups excluding carboxylic acids is 6. The number of rotatable bonds is 19. The minimum Gasteiger partial charge on any atom is -0.481 e. The van der Waals surface area contributed by atoms with Gasteiger partial charge in [0.2, 0.25) is 35.4 Å². The van der Waals surface area contributed by atoms with Crippen molar-refractivity contribution >= 4 is 53.4 Å². The Kier molecular flexibility index (Phi) is 15.2. The predicted octanol–water partition coefficient (Wildman–Crippen LogP) is -3.17. The lowest BCUT2D eigenvalue weighted by molar-refractivity contribution is -0.145. The number of aromatic amines is 1. The number of hydrogen-bond donors (Lipinski definition) is 10. The van der Waals surface area contributed by atoms with Crippen LogP contribution < -0.4 is 31.9 Å². The second kappa shape index (κ2) is 19.3. The minimum absolute atomic E-state index is 0.0582. The van der Waals surface area contributed by atoms with E-state index in [9.17, 15) is 58.5 Å². The van der Waals surface area contributed by atoms with Crippen molar-refractivity contribution in [3.8, 4) is 0 Å². The van der Waals surface area contributed by atoms with Crippen LogP contribution in [0.1, 0.15) is 65.0 Å². The summed E-state index contributed by atoms with van der Waals surface area (Å²) in [5.41, 5.74) is 0.377. The lowest BCUT2D eigenvalue weighted by atomic mass is 10.0. The highest BCUT2D eigenvalue weighted by atomic mass is 16.4. The van der Waals surface area contributed by atoms with Gasteiger partial charge in [-0.2, -0.15) is 0 Å². The number of carboxylic acids is 3. The number of likely N-dealkylation sites (tertiary alicyclic amines) is 1. The van der Waals surface area contributed by atoms with Gasteiger partial charge >= 0.3 is 17.9 Å². The number of hydrogen-bond acceptors (Lipinski definition) is 11. The van der Waals surface area contributed by atoms with Gasteiger partial charge in [-0.1, -0.05) is 13.8 Å². The summed E-state index contributed by atoms with van der Waals surface area (Å²) < 4.78 is 0. The van der Waals surface area contributed by atoms with Gasteiger partial charge in [-0.3, -0.25) is 43.2 Å². The first kappa shape index (κ1) is 41.8. The Bertz CT molecular complexity index is 1530. The van der Waals surface area contributed by atoms with Gasteiger partial charge in [0.05, 0.1) is 25.2 Å². The molecule has 0 saturated carbocycles. The summed E-state index contributed by atoms with van der Waals surface area (Å²) in [7, 11) is 0. The molecule has 2 fully saturated rings. The highest BCUT2D eigenvalue weighted by Crippen LogP contribution is 2.21. The molecule has 0 radical (unpaired) electrons. The fourth-order valence-corrected chi connectivity index (χ4v) is 5.94. The molecule has 1 aromatic rings. The van der Waals surface area contributed by atoms with Crippen molar-refractivity contribution in [2.24, 2.45) is 5.92 Å². The SMILES string of the molecule is CC(C)[C@H](NC(=O)[C@H](CC(=O)O)NC(=O)[C@@H]1CCCN1)C(=O)N1CCC[C@H]1C(=O)N[C@@H](CC(=O)O)C(=O)N[C@@H](Cc1cnc[nH]1)C(=O)N[C@@H](C)C(=O)O. The number of amides is 6. The van der Waals surface area contributed by atoms with E-state index in [-0.39, 0.29) is 19.4 Å². The van der Waals surface area contributed by atoms with E-state index in [1.165, 1.54) is 24.3 Å². The number of imidazole rings is 1. The van der Waals surface area contributed by atoms with Crippen LogP contribution in [0.4, 0.5) is 0 Å². The maximum absolute atomic E-state index is 13.9. The molecule has 53 heavy (non-hydrogen) atoms. The number of carboxylic acid groups (broad SMARTS) is 3. The first-order valence-corrected chi connectivity index (χ1v) is 17.2. The van der Waals surface area contributed by atoms with Gasteiger partial charge in [-0.15, -0.1) is 0 Å². The molecule has 0 unspecified atom stereocenters. The zero-order chi connectivity index (χ0) is 39.4. The summed E-state index contributed by atoms with van der Waals surface area (Å²) >= 11 is 0. The summed E-state index contributed by atoms with van der Waals surface area (Å²) in [5, 5.41) is 43.1. The van der Waals surface area contributed by atoms with Crippen molar-refractivity contribution < 1.29 is 58.5 Å². The molecule has 0 aromatic carbocycles. The average molecular weight is 750 g/mol. The number of carbonyl (C=O) groups is 9. The van der Waals surface area contributed by atoms with Crippen LogP contribution in [0.2, 0.25) is 0 Å². The molecule has 3 rings (SSSR count). The van der Waals surface area contributed by atoms with Crippen LogP contribution >= 0.6 is 0 Å². The van der Waals surface area contributed by atoms with Gasteiger partial charge in [0.15, 0.2) is 0 Å². The van der Waals surface area contributed by atoms with E-state index in [0.29, 0.717) is 25.1 Å². The molecule has 6 amide bonds. The number of aliphatic carboxylic acids is 3. The van der Waals surface area contributed by atoms with E-state index in [4.69, 9.17) is 0 Å². The zero-order valence-electron chi connectivity index (χ0n) is 29.5. The quantitative estimate of drug-likeness (QED) is 0.0668. The lowest BCUT2D eigenvalue weighted by Gasteiger charge is -2.32. The summed E-state index contributed by atoms with van der Waals surface area (Å²) in [6.45, 7) is 5.07. The second-order valence-corrected chi connectivity index (χ2v) is 13.3. The third-order valence-electron chi connectivity index (χ3n) is 8.81. The standard InChI is InChI=1S/C32H47N9O12/c1-15(2)25(40-29(49)21(12-24(44)45)38-26(46)18-6-4-8-34-18)31(51)41-9-5-7-22(41)30(50)39-20(11-23(42)43)28(48)37-19(10-17-13-33-14-35-17)27(47)36-16(3)32(52)53/h13-16,18-22,25,34H,4-12H2,1-3H3,(H,33,35)(H,36,47)(H,37,48)(H,38,46)(H,39,50)(H,40,49)(H,42,43)(H,44,45)(H,52,53)/t16-,18-,19-,20-,21-,22-,25-/m0/s1. The Hall–Kier alpha value is -5.60. The third kappa shape index (κ3) is 12.3. The number of aromatic nitrogens is 2. The van der Waals surface area contributed by atoms with Crippen LogP contribution in [0, 0.1) is 5.92 Å². The van der Waals surface area contributed by atoms with Crippen molar-refractivity contribution in [2.75, 3.05) is 13.1 Å². The van der Waals surface area contributed by atoms with Crippen molar-refractivity contribution in [1.29, 1.82) is 0 Å². The fraction of sp³-hybridized carbons (Fsp3) is 0.625. The van der Waals surface area contributed by atoms with Gasteiger partial charge < -0.3 is 57.1 Å². The monoisotopic (exact) mass is 749 g/mol. The summed E-state index contributed by atoms with van der Waals surface area (Å²) in [6, 6.07) is -9.05. The van der Waals surface area contributed by atoms with Gasteiger partial charge in [0.25, 0.3) is 0 Å². The van der Waals surface area contributed by atoms with Crippen LogP contribution in [-0.2, 0) is 49.6 Å². The van der Waals surface area contributed by atoms with Crippen molar-refractivity contribution in [3.05, 3.63) is 18.2 Å². The first-order chi connectivity index (χ1) is 25.0. The molecule has 3 heterocycles. The van der Waals surface area contributed by atoms with Gasteiger partial charge in [-0.25, -0.2) is 4.98 Å². The predicted molar refractivity (Wildman–Crippen MR) is 180 cm³/mol. The third-order valence-corrected chi connectivity index (χ3v) is 8.81. The molecule has 7 atom stereocenters. The van der Waals surface area contributed by atoms with Crippen LogP contribution in [0.15, 0.2) is 12.5 Å². The second-order valence-electron chi connectivity index (χ2n) is 13.3. The Balaban J connectivity index is 1.75. The number of nitrogens with zero attached hydrogens (tertiary/aromatic N) is 2. The Labute approximate surface area is 303 Å². The molecular formula is C32H47N9O12. The van der Waals surface area contributed by atoms with Crippen LogP contribution in [0.5, 0.6) is 0 Å². The van der Waals surface area contributed by atoms with E-state index in [1.54, 1.807) is 13.8 Å². The molecule has 292 valence electrons. The highest BCUT2D eigenvalue weighted by molar-refractivity contribution is 5.98. The first-order valence-electron chi connectivity index (χ1n) is 17.2. The van der Waals surface area contributed by atoms with Crippen LogP contribution in [-0.4, -0.2) is 139 Å². The summed E-state index contributed by atoms with van der Waals surface area (Å²) in [5.74, 6) is -9.81. The maximum atomic E-state index is 13.9. The van der Waals surface area contributed by atoms with Crippen molar-refractivity contribution in [1.82, 2.24) is 46.8 Å². The molecule has 2 aliphatic rings. The largest absolute Gasteiger partial charge is 0.481 e. The van der Waals surface area contributed by atoms with E-state index in [0.717, 1.165) is 6.42 Å². The van der Waals surface area contributed by atoms with Crippen molar-refractivity contribution in [3.63, 3.8) is 0 Å². The van der Waals surface area contributed by atoms with E-state index >= 15 is 0 Å². The summed E-state index contributed by atoms with van der Waals surface area (Å²) in [6.07, 6.45) is 2.47. The molecule has 2 saturated heterocycles. The Morgan fingerprint density at radius 3 is 1.92 bits per heavy atom. The molecule has 21 heteroatoms. The Morgan fingerprint density at radius 2 is 1.40 bits per heavy atom. The molecule has 0 spiro atoms. The maximum Gasteiger partial charge on any atom is 0.325 e. The average Bonchev–Trinajstić information content (AvgIpc) is 3.89. The van der Waals surface area contributed by atoms with Gasteiger partial charge in [-0.05, 0) is 45.1 Å². The minimum atomic E-state index is -1.73. The fourth-order valence-electron chi connectivity index (χ4n) is 5.94. The smallest absolute Gasteiger partial charge is 0.325 e. The zero-order valence-corrected chi connectivity index (χ0v) is 29.5. The van der Waals surface area contributed by atoms with Crippen LogP contribution in [0.25, 0.3) is 0 Å². The van der Waals surface area contributed by atoms with Gasteiger partial charge in [0.1, 0.15) is 36.3 Å². The molecule has 0 bridgehead atoms. The van der Waals surface area contributed by atoms with Crippen molar-refractivity contribution in [2.45, 2.75) is 108 Å². The summed E-state index contributed by atoms with van der Waals surface area (Å²) in [4.78, 5) is 122. The molecule has 0 aliphatic carbocycles. The highest BCUT2D eigenvalue weighted by Gasteiger charge is 2.41. The topological polar surface area (TPSA) is 318 Å². The molecule has 21 nitrogen and oxygen atoms in total. The van der Waals surface area contributed by atoms with E-state index in [2.05, 4.69) is 41.9 Å². The van der Waals surface area contributed by atoms with Gasteiger partial charge in [0, 0.05) is 24.9 Å².